The largest absolute Gasteiger partial charge is 0.370 e. The molecule has 0 saturated heterocycles. The van der Waals surface area contributed by atoms with Crippen molar-refractivity contribution in [1.82, 2.24) is 0 Å². The molecule has 2 aliphatic carbocycles. The van der Waals surface area contributed by atoms with Gasteiger partial charge in [0.2, 0.25) is 0 Å². The van der Waals surface area contributed by atoms with Gasteiger partial charge in [0.1, 0.15) is 0 Å². The first-order valence-electron chi connectivity index (χ1n) is 11.5. The lowest BCUT2D eigenvalue weighted by atomic mass is 9.75. The Bertz CT molecular complexity index is 935. The molecule has 0 spiro atoms. The Morgan fingerprint density at radius 3 is 2.17 bits per heavy atom. The molecule has 1 N–H and O–H groups in total. The number of fused-ring (bicyclic) bond motifs is 4. The van der Waals surface area contributed by atoms with Gasteiger partial charge >= 0.3 is 0 Å². The average molecular weight is 387 g/mol. The van der Waals surface area contributed by atoms with E-state index in [0.717, 1.165) is 28.7 Å². The monoisotopic (exact) mass is 386 g/mol. The fourth-order valence-corrected chi connectivity index (χ4v) is 6.86. The summed E-state index contributed by atoms with van der Waals surface area (Å²) in [6.45, 7) is 4.52. The van der Waals surface area contributed by atoms with Gasteiger partial charge in [-0.05, 0) is 91.2 Å². The summed E-state index contributed by atoms with van der Waals surface area (Å²) >= 11 is 0. The maximum atomic E-state index is 13.0. The number of hydrogen-bond donors (Lipinski definition) is 1. The van der Waals surface area contributed by atoms with Crippen molar-refractivity contribution >= 4 is 17.3 Å². The highest BCUT2D eigenvalue weighted by Crippen LogP contribution is 2.56. The number of anilines is 2. The van der Waals surface area contributed by atoms with Crippen molar-refractivity contribution in [3.8, 4) is 0 Å². The number of benzene rings is 2. The molecule has 2 saturated carbocycles. The predicted octanol–water partition coefficient (Wildman–Crippen LogP) is 5.85. The molecule has 29 heavy (non-hydrogen) atoms. The van der Waals surface area contributed by atoms with Gasteiger partial charge in [0.25, 0.3) is 5.91 Å². The second-order valence-electron chi connectivity index (χ2n) is 9.77. The highest BCUT2D eigenvalue weighted by molar-refractivity contribution is 6.05. The summed E-state index contributed by atoms with van der Waals surface area (Å²) in [6.07, 6.45) is 8.06. The maximum absolute atomic E-state index is 13.0. The van der Waals surface area contributed by atoms with Crippen LogP contribution in [0, 0.1) is 18.8 Å². The normalized spacial score (nSPS) is 29.2. The second-order valence-corrected chi connectivity index (χ2v) is 9.77. The minimum Gasteiger partial charge on any atom is -0.370 e. The fourth-order valence-electron chi connectivity index (χ4n) is 6.86. The quantitative estimate of drug-likeness (QED) is 0.702. The van der Waals surface area contributed by atoms with Crippen molar-refractivity contribution in [2.75, 3.05) is 23.3 Å². The van der Waals surface area contributed by atoms with Gasteiger partial charge in [-0.25, -0.2) is 0 Å². The van der Waals surface area contributed by atoms with E-state index in [0.29, 0.717) is 11.8 Å². The third-order valence-corrected chi connectivity index (χ3v) is 8.16. The van der Waals surface area contributed by atoms with E-state index in [-0.39, 0.29) is 5.91 Å². The molecular weight excluding hydrogens is 356 g/mol. The minimum atomic E-state index is 0.0182. The first-order valence-corrected chi connectivity index (χ1v) is 11.5. The van der Waals surface area contributed by atoms with Crippen molar-refractivity contribution in [3.05, 3.63) is 58.7 Å². The Morgan fingerprint density at radius 2 is 1.55 bits per heavy atom. The van der Waals surface area contributed by atoms with Crippen LogP contribution in [0.1, 0.15) is 77.4 Å². The molecule has 0 aromatic heterocycles. The predicted molar refractivity (Wildman–Crippen MR) is 118 cm³/mol. The van der Waals surface area contributed by atoms with Crippen molar-refractivity contribution in [3.63, 3.8) is 0 Å². The van der Waals surface area contributed by atoms with Crippen LogP contribution in [0.2, 0.25) is 0 Å². The molecular formula is C26H30N2O. The van der Waals surface area contributed by atoms with Gasteiger partial charge in [-0.15, -0.1) is 0 Å². The molecule has 4 aliphatic rings. The molecule has 3 nitrogen and oxygen atoms in total. The van der Waals surface area contributed by atoms with Gasteiger partial charge in [-0.2, -0.15) is 0 Å². The molecule has 3 heteroatoms. The highest BCUT2D eigenvalue weighted by Gasteiger charge is 2.44. The fraction of sp³-hybridized carbons (Fsp3) is 0.500. The maximum Gasteiger partial charge on any atom is 0.255 e. The molecule has 0 unspecified atom stereocenters. The van der Waals surface area contributed by atoms with E-state index in [1.54, 1.807) is 5.69 Å². The van der Waals surface area contributed by atoms with Gasteiger partial charge in [0, 0.05) is 30.0 Å². The summed E-state index contributed by atoms with van der Waals surface area (Å²) in [5.74, 6) is 3.00. The zero-order valence-corrected chi connectivity index (χ0v) is 17.3. The third-order valence-electron chi connectivity index (χ3n) is 8.16. The van der Waals surface area contributed by atoms with Crippen LogP contribution >= 0.6 is 0 Å². The number of carbonyl (C=O) groups excluding carboxylic acids is 1. The van der Waals surface area contributed by atoms with E-state index in [4.69, 9.17) is 0 Å². The molecule has 2 aromatic carbocycles. The molecule has 0 bridgehead atoms. The summed E-state index contributed by atoms with van der Waals surface area (Å²) in [6, 6.07) is 12.5. The number of rotatable bonds is 2. The lowest BCUT2D eigenvalue weighted by Gasteiger charge is -2.46. The number of aryl methyl sites for hydroxylation is 1. The Hall–Kier alpha value is -2.29. The first-order chi connectivity index (χ1) is 14.2. The van der Waals surface area contributed by atoms with Crippen LogP contribution < -0.4 is 10.2 Å². The molecule has 2 aromatic rings. The van der Waals surface area contributed by atoms with Gasteiger partial charge in [-0.3, -0.25) is 4.79 Å². The molecule has 2 heterocycles. The lowest BCUT2D eigenvalue weighted by Crippen LogP contribution is -2.43. The van der Waals surface area contributed by atoms with Crippen molar-refractivity contribution in [2.45, 2.75) is 57.3 Å². The van der Waals surface area contributed by atoms with Gasteiger partial charge < -0.3 is 10.2 Å². The van der Waals surface area contributed by atoms with E-state index >= 15 is 0 Å². The average Bonchev–Trinajstić information content (AvgIpc) is 3.37. The molecule has 1 amide bonds. The second kappa shape index (κ2) is 6.62. The van der Waals surface area contributed by atoms with E-state index in [1.807, 2.05) is 31.2 Å². The van der Waals surface area contributed by atoms with E-state index in [1.165, 1.54) is 62.7 Å². The Kier molecular flexibility index (Phi) is 4.01. The van der Waals surface area contributed by atoms with Crippen molar-refractivity contribution in [2.24, 2.45) is 11.8 Å². The summed E-state index contributed by atoms with van der Waals surface area (Å²) in [4.78, 5) is 15.7. The standard InChI is InChI=1S/C26H30N2O/c1-16-6-2-3-9-20(16)26(29)27-19-12-23-21-10-4-7-17(21)14-28-15-18-8-5-11-22(18)24(13-19)25(23)28/h2-3,6,9,12-13,17-18,21-22H,4-5,7-8,10-11,14-15H2,1H3,(H,27,29)/t17-,18-,21-,22-/m1/s1. The number of amides is 1. The third kappa shape index (κ3) is 2.73. The molecule has 4 atom stereocenters. The number of hydrogen-bond acceptors (Lipinski definition) is 2. The molecule has 2 aliphatic heterocycles. The van der Waals surface area contributed by atoms with Crippen LogP contribution in [-0.4, -0.2) is 19.0 Å². The summed E-state index contributed by atoms with van der Waals surface area (Å²) in [7, 11) is 0. The van der Waals surface area contributed by atoms with Gasteiger partial charge in [0.15, 0.2) is 0 Å². The smallest absolute Gasteiger partial charge is 0.255 e. The number of nitrogens with one attached hydrogen (secondary N) is 1. The zero-order valence-electron chi connectivity index (χ0n) is 17.3. The zero-order chi connectivity index (χ0) is 19.5. The van der Waals surface area contributed by atoms with Crippen LogP contribution in [0.4, 0.5) is 11.4 Å². The van der Waals surface area contributed by atoms with E-state index in [2.05, 4.69) is 22.3 Å². The van der Waals surface area contributed by atoms with Crippen LogP contribution in [0.15, 0.2) is 36.4 Å². The van der Waals surface area contributed by atoms with Crippen molar-refractivity contribution in [1.29, 1.82) is 0 Å². The molecule has 6 rings (SSSR count). The van der Waals surface area contributed by atoms with Crippen molar-refractivity contribution < 1.29 is 4.79 Å². The topological polar surface area (TPSA) is 32.3 Å². The first kappa shape index (κ1) is 17.6. The number of carbonyl (C=O) groups is 1. The highest BCUT2D eigenvalue weighted by atomic mass is 16.1. The molecule has 2 fully saturated rings. The summed E-state index contributed by atoms with van der Waals surface area (Å²) < 4.78 is 0. The summed E-state index contributed by atoms with van der Waals surface area (Å²) in [5, 5.41) is 3.27. The van der Waals surface area contributed by atoms with Gasteiger partial charge in [0.05, 0.1) is 0 Å². The van der Waals surface area contributed by atoms with Crippen LogP contribution in [-0.2, 0) is 0 Å². The minimum absolute atomic E-state index is 0.0182. The van der Waals surface area contributed by atoms with Crippen LogP contribution in [0.3, 0.4) is 0 Å². The number of nitrogens with zero attached hydrogens (tertiary/aromatic N) is 1. The van der Waals surface area contributed by atoms with E-state index < -0.39 is 0 Å². The molecule has 150 valence electrons. The SMILES string of the molecule is Cc1ccccc1C(=O)Nc1cc2c3c(c1)[C@@H]1CCC[C@@H]1CN3C[C@H]1CCC[C@@H]21. The van der Waals surface area contributed by atoms with Crippen LogP contribution in [0.25, 0.3) is 0 Å². The van der Waals surface area contributed by atoms with Gasteiger partial charge in [-0.1, -0.05) is 31.0 Å². The summed E-state index contributed by atoms with van der Waals surface area (Å²) in [5.41, 5.74) is 7.42. The Balaban J connectivity index is 1.43. The lowest BCUT2D eigenvalue weighted by molar-refractivity contribution is 0.102. The van der Waals surface area contributed by atoms with Crippen LogP contribution in [0.5, 0.6) is 0 Å². The molecule has 0 radical (unpaired) electrons. The Labute approximate surface area is 173 Å². The Morgan fingerprint density at radius 1 is 0.931 bits per heavy atom. The van der Waals surface area contributed by atoms with E-state index in [9.17, 15) is 4.79 Å².